The van der Waals surface area contributed by atoms with Crippen molar-refractivity contribution in [2.45, 2.75) is 78.6 Å². The zero-order chi connectivity index (χ0) is 37.6. The van der Waals surface area contributed by atoms with E-state index in [4.69, 9.17) is 0 Å². The molecule has 0 atom stereocenters. The lowest BCUT2D eigenvalue weighted by Gasteiger charge is -2.45. The van der Waals surface area contributed by atoms with Crippen molar-refractivity contribution in [3.8, 4) is 11.1 Å². The number of halogens is 2. The van der Waals surface area contributed by atoms with E-state index in [2.05, 4.69) is 145 Å². The van der Waals surface area contributed by atoms with Crippen molar-refractivity contribution < 1.29 is 8.78 Å². The fourth-order valence-electron chi connectivity index (χ4n) is 8.10. The topological polar surface area (TPSA) is 6.48 Å². The molecule has 6 aromatic carbocycles. The molecule has 2 heterocycles. The summed E-state index contributed by atoms with van der Waals surface area (Å²) >= 11 is 0. The van der Waals surface area contributed by atoms with Crippen LogP contribution in [0, 0.1) is 11.6 Å². The fourth-order valence-corrected chi connectivity index (χ4v) is 8.10. The SMILES string of the molecule is CC(C)(C)c1ccc(N2c3ccc(C(C)(C)C)cc3B3c4cc(C(C)(C)C)ccc4N(c4ccccc4-c4ccc(F)cc4)c4cc(F)cc2c43)cc1. The first-order chi connectivity index (χ1) is 25.0. The average Bonchev–Trinajstić information content (AvgIpc) is 3.10. The van der Waals surface area contributed by atoms with E-state index in [0.29, 0.717) is 0 Å². The zero-order valence-electron chi connectivity index (χ0n) is 32.3. The van der Waals surface area contributed by atoms with E-state index in [1.807, 2.05) is 24.3 Å². The van der Waals surface area contributed by atoms with Crippen LogP contribution < -0.4 is 26.2 Å². The third kappa shape index (κ3) is 5.95. The molecule has 8 rings (SSSR count). The van der Waals surface area contributed by atoms with Gasteiger partial charge in [-0.05, 0) is 109 Å². The van der Waals surface area contributed by atoms with Crippen molar-refractivity contribution >= 4 is 57.2 Å². The highest BCUT2D eigenvalue weighted by molar-refractivity contribution is 7.00. The summed E-state index contributed by atoms with van der Waals surface area (Å²) in [6, 6.07) is 40.7. The molecule has 0 aromatic heterocycles. The standard InChI is InChI=1S/C48H47BF2N2/c1-46(2,3)31-16-22-36(23-17-31)52-41-24-18-32(47(4,5)6)26-38(41)49-39-27-33(48(7,8)9)19-25-42(39)53(44-29-35(51)28-43(52)45(44)49)40-13-11-10-12-37(40)30-14-20-34(50)21-15-30/h10-29H,1-9H3. The van der Waals surface area contributed by atoms with Gasteiger partial charge in [-0.1, -0.05) is 129 Å². The Morgan fingerprint density at radius 3 is 1.47 bits per heavy atom. The second-order valence-electron chi connectivity index (χ2n) is 17.8. The van der Waals surface area contributed by atoms with Crippen LogP contribution in [0.4, 0.5) is 42.9 Å². The Morgan fingerprint density at radius 1 is 0.434 bits per heavy atom. The molecule has 5 heteroatoms. The van der Waals surface area contributed by atoms with Gasteiger partial charge in [0.1, 0.15) is 11.6 Å². The first-order valence-electron chi connectivity index (χ1n) is 18.7. The third-order valence-electron chi connectivity index (χ3n) is 11.1. The molecule has 0 saturated carbocycles. The quantitative estimate of drug-likeness (QED) is 0.169. The maximum Gasteiger partial charge on any atom is 0.252 e. The molecule has 0 saturated heterocycles. The first kappa shape index (κ1) is 34.9. The number of nitrogens with zero attached hydrogens (tertiary/aromatic N) is 2. The smallest absolute Gasteiger partial charge is 0.252 e. The van der Waals surface area contributed by atoms with E-state index in [0.717, 1.165) is 50.7 Å². The minimum Gasteiger partial charge on any atom is -0.311 e. The van der Waals surface area contributed by atoms with Gasteiger partial charge >= 0.3 is 0 Å². The molecule has 2 aliphatic heterocycles. The predicted molar refractivity (Wildman–Crippen MR) is 222 cm³/mol. The lowest BCUT2D eigenvalue weighted by atomic mass is 9.33. The van der Waals surface area contributed by atoms with Crippen LogP contribution in [-0.2, 0) is 16.2 Å². The van der Waals surface area contributed by atoms with Crippen molar-refractivity contribution in [3.63, 3.8) is 0 Å². The molecule has 0 N–H and O–H groups in total. The number of anilines is 6. The van der Waals surface area contributed by atoms with Crippen molar-refractivity contribution in [3.05, 3.63) is 150 Å². The van der Waals surface area contributed by atoms with Crippen molar-refractivity contribution in [1.29, 1.82) is 0 Å². The summed E-state index contributed by atoms with van der Waals surface area (Å²) in [5.41, 5.74) is 14.4. The van der Waals surface area contributed by atoms with Crippen LogP contribution in [0.25, 0.3) is 11.1 Å². The Bertz CT molecular complexity index is 2380. The molecule has 0 aliphatic carbocycles. The zero-order valence-corrected chi connectivity index (χ0v) is 32.3. The Morgan fingerprint density at radius 2 is 0.925 bits per heavy atom. The van der Waals surface area contributed by atoms with Gasteiger partial charge in [0, 0.05) is 34.0 Å². The first-order valence-corrected chi connectivity index (χ1v) is 18.7. The number of rotatable bonds is 3. The maximum atomic E-state index is 16.5. The second-order valence-corrected chi connectivity index (χ2v) is 17.8. The molecule has 0 fully saturated rings. The normalized spacial score (nSPS) is 13.8. The van der Waals surface area contributed by atoms with E-state index in [1.54, 1.807) is 12.1 Å². The molecule has 0 amide bonds. The highest BCUT2D eigenvalue weighted by Gasteiger charge is 2.45. The lowest BCUT2D eigenvalue weighted by Crippen LogP contribution is -2.61. The summed E-state index contributed by atoms with van der Waals surface area (Å²) in [5, 5.41) is 0. The molecular formula is C48H47BF2N2. The molecular weight excluding hydrogens is 653 g/mol. The lowest BCUT2D eigenvalue weighted by molar-refractivity contribution is 0.590. The summed E-state index contributed by atoms with van der Waals surface area (Å²) in [6.07, 6.45) is 0. The summed E-state index contributed by atoms with van der Waals surface area (Å²) in [4.78, 5) is 4.49. The minimum absolute atomic E-state index is 0.00402. The van der Waals surface area contributed by atoms with E-state index < -0.39 is 0 Å². The summed E-state index contributed by atoms with van der Waals surface area (Å²) in [6.45, 7) is 20.1. The molecule has 0 spiro atoms. The summed E-state index contributed by atoms with van der Waals surface area (Å²) in [5.74, 6) is -0.585. The largest absolute Gasteiger partial charge is 0.311 e. The minimum atomic E-state index is -0.303. The van der Waals surface area contributed by atoms with E-state index in [1.165, 1.54) is 39.7 Å². The molecule has 2 nitrogen and oxygen atoms in total. The van der Waals surface area contributed by atoms with E-state index in [-0.39, 0.29) is 34.6 Å². The number of hydrogen-bond acceptors (Lipinski definition) is 2. The van der Waals surface area contributed by atoms with Crippen LogP contribution in [-0.4, -0.2) is 6.71 Å². The Balaban J connectivity index is 1.47. The number of benzene rings is 6. The van der Waals surface area contributed by atoms with Crippen LogP contribution in [0.15, 0.2) is 121 Å². The van der Waals surface area contributed by atoms with E-state index >= 15 is 4.39 Å². The second kappa shape index (κ2) is 12.2. The average molecular weight is 701 g/mol. The number of hydrogen-bond donors (Lipinski definition) is 0. The van der Waals surface area contributed by atoms with Gasteiger partial charge in [-0.2, -0.15) is 0 Å². The monoisotopic (exact) mass is 700 g/mol. The Labute approximate surface area is 314 Å². The van der Waals surface area contributed by atoms with Gasteiger partial charge in [-0.15, -0.1) is 0 Å². The molecule has 266 valence electrons. The van der Waals surface area contributed by atoms with Crippen LogP contribution in [0.1, 0.15) is 79.0 Å². The summed E-state index contributed by atoms with van der Waals surface area (Å²) < 4.78 is 30.6. The molecule has 0 bridgehead atoms. The van der Waals surface area contributed by atoms with Crippen LogP contribution in [0.5, 0.6) is 0 Å². The van der Waals surface area contributed by atoms with Gasteiger partial charge in [-0.3, -0.25) is 0 Å². The van der Waals surface area contributed by atoms with Gasteiger partial charge in [0.15, 0.2) is 0 Å². The van der Waals surface area contributed by atoms with E-state index in [9.17, 15) is 4.39 Å². The third-order valence-corrected chi connectivity index (χ3v) is 11.1. The van der Waals surface area contributed by atoms with Crippen molar-refractivity contribution in [2.75, 3.05) is 9.80 Å². The molecule has 0 unspecified atom stereocenters. The van der Waals surface area contributed by atoms with Crippen LogP contribution in [0.2, 0.25) is 0 Å². The molecule has 53 heavy (non-hydrogen) atoms. The maximum absolute atomic E-state index is 16.5. The highest BCUT2D eigenvalue weighted by Crippen LogP contribution is 2.47. The van der Waals surface area contributed by atoms with Gasteiger partial charge < -0.3 is 9.80 Å². The van der Waals surface area contributed by atoms with Gasteiger partial charge in [-0.25, -0.2) is 8.78 Å². The van der Waals surface area contributed by atoms with Crippen molar-refractivity contribution in [1.82, 2.24) is 0 Å². The molecule has 6 aromatic rings. The predicted octanol–water partition coefficient (Wildman–Crippen LogP) is 11.6. The van der Waals surface area contributed by atoms with Gasteiger partial charge in [0.25, 0.3) is 6.71 Å². The number of fused-ring (bicyclic) bond motifs is 4. The fraction of sp³-hybridized carbons (Fsp3) is 0.250. The molecule has 0 radical (unpaired) electrons. The Hall–Kier alpha value is -5.16. The van der Waals surface area contributed by atoms with Crippen LogP contribution >= 0.6 is 0 Å². The molecule has 2 aliphatic rings. The highest BCUT2D eigenvalue weighted by atomic mass is 19.1. The van der Waals surface area contributed by atoms with Gasteiger partial charge in [0.2, 0.25) is 0 Å². The number of para-hydroxylation sites is 1. The van der Waals surface area contributed by atoms with Crippen molar-refractivity contribution in [2.24, 2.45) is 0 Å². The van der Waals surface area contributed by atoms with Gasteiger partial charge in [0.05, 0.1) is 5.69 Å². The summed E-state index contributed by atoms with van der Waals surface area (Å²) in [7, 11) is 0. The Kier molecular flexibility index (Phi) is 8.03. The van der Waals surface area contributed by atoms with Crippen LogP contribution in [0.3, 0.4) is 0 Å².